The predicted molar refractivity (Wildman–Crippen MR) is 67.1 cm³/mol. The molecule has 0 aromatic heterocycles. The SMILES string of the molecule is [CH2]CC1=NOC(Cc2ccc(Cl)cc2Cl)C1. The summed E-state index contributed by atoms with van der Waals surface area (Å²) in [7, 11) is 0. The highest BCUT2D eigenvalue weighted by Gasteiger charge is 2.20. The second kappa shape index (κ2) is 5.07. The topological polar surface area (TPSA) is 21.6 Å². The molecule has 0 fully saturated rings. The minimum absolute atomic E-state index is 0.0791. The molecule has 0 aliphatic carbocycles. The first kappa shape index (κ1) is 11.7. The van der Waals surface area contributed by atoms with E-state index in [2.05, 4.69) is 12.1 Å². The lowest BCUT2D eigenvalue weighted by Crippen LogP contribution is -2.11. The normalized spacial score (nSPS) is 19.4. The Morgan fingerprint density at radius 1 is 1.44 bits per heavy atom. The van der Waals surface area contributed by atoms with Crippen molar-refractivity contribution in [1.29, 1.82) is 0 Å². The fourth-order valence-electron chi connectivity index (χ4n) is 1.68. The van der Waals surface area contributed by atoms with Gasteiger partial charge in [0.2, 0.25) is 0 Å². The third-order valence-corrected chi connectivity index (χ3v) is 3.13. The number of nitrogens with zero attached hydrogens (tertiary/aromatic N) is 1. The van der Waals surface area contributed by atoms with Crippen molar-refractivity contribution in [2.24, 2.45) is 5.16 Å². The molecule has 2 rings (SSSR count). The average molecular weight is 257 g/mol. The molecule has 1 aliphatic rings. The second-order valence-electron chi connectivity index (χ2n) is 3.78. The van der Waals surface area contributed by atoms with E-state index in [4.69, 9.17) is 28.0 Å². The average Bonchev–Trinajstić information content (AvgIpc) is 2.70. The summed E-state index contributed by atoms with van der Waals surface area (Å²) in [4.78, 5) is 5.30. The van der Waals surface area contributed by atoms with Gasteiger partial charge in [0.05, 0.1) is 5.71 Å². The quantitative estimate of drug-likeness (QED) is 0.804. The molecular formula is C12H12Cl2NO. The van der Waals surface area contributed by atoms with Gasteiger partial charge in [-0.3, -0.25) is 0 Å². The zero-order valence-electron chi connectivity index (χ0n) is 8.75. The molecule has 1 unspecified atom stereocenters. The van der Waals surface area contributed by atoms with Crippen molar-refractivity contribution < 1.29 is 4.84 Å². The maximum Gasteiger partial charge on any atom is 0.136 e. The van der Waals surface area contributed by atoms with Crippen LogP contribution in [0.1, 0.15) is 18.4 Å². The Morgan fingerprint density at radius 3 is 2.88 bits per heavy atom. The molecule has 1 aromatic carbocycles. The number of rotatable bonds is 3. The van der Waals surface area contributed by atoms with Crippen LogP contribution in [0.4, 0.5) is 0 Å². The number of benzene rings is 1. The summed E-state index contributed by atoms with van der Waals surface area (Å²) >= 11 is 11.9. The lowest BCUT2D eigenvalue weighted by atomic mass is 10.0. The van der Waals surface area contributed by atoms with E-state index in [0.29, 0.717) is 16.5 Å². The molecule has 0 N–H and O–H groups in total. The van der Waals surface area contributed by atoms with Crippen LogP contribution in [0.15, 0.2) is 23.4 Å². The van der Waals surface area contributed by atoms with Gasteiger partial charge in [-0.05, 0) is 31.0 Å². The zero-order valence-corrected chi connectivity index (χ0v) is 10.3. The maximum atomic E-state index is 6.09. The predicted octanol–water partition coefficient (Wildman–Crippen LogP) is 3.90. The van der Waals surface area contributed by atoms with E-state index >= 15 is 0 Å². The molecule has 0 saturated carbocycles. The Kier molecular flexibility index (Phi) is 3.72. The third-order valence-electron chi connectivity index (χ3n) is 2.55. The highest BCUT2D eigenvalue weighted by molar-refractivity contribution is 6.35. The van der Waals surface area contributed by atoms with Crippen LogP contribution >= 0.6 is 23.2 Å². The summed E-state index contributed by atoms with van der Waals surface area (Å²) in [6.45, 7) is 3.78. The molecule has 0 bridgehead atoms. The summed E-state index contributed by atoms with van der Waals surface area (Å²) in [6.07, 6.45) is 2.37. The van der Waals surface area contributed by atoms with Gasteiger partial charge < -0.3 is 4.84 Å². The van der Waals surface area contributed by atoms with Crippen molar-refractivity contribution in [3.8, 4) is 0 Å². The van der Waals surface area contributed by atoms with Crippen LogP contribution < -0.4 is 0 Å². The summed E-state index contributed by atoms with van der Waals surface area (Å²) in [5, 5.41) is 5.29. The molecule has 1 radical (unpaired) electrons. The molecule has 1 aliphatic heterocycles. The van der Waals surface area contributed by atoms with Crippen molar-refractivity contribution >= 4 is 28.9 Å². The van der Waals surface area contributed by atoms with Crippen LogP contribution in [-0.2, 0) is 11.3 Å². The Morgan fingerprint density at radius 2 is 2.25 bits per heavy atom. The van der Waals surface area contributed by atoms with Crippen molar-refractivity contribution in [3.05, 3.63) is 40.7 Å². The first-order chi connectivity index (χ1) is 7.69. The molecule has 4 heteroatoms. The second-order valence-corrected chi connectivity index (χ2v) is 4.62. The van der Waals surface area contributed by atoms with Gasteiger partial charge in [0.15, 0.2) is 0 Å². The minimum atomic E-state index is 0.0791. The molecule has 85 valence electrons. The van der Waals surface area contributed by atoms with E-state index in [1.54, 1.807) is 6.07 Å². The fourth-order valence-corrected chi connectivity index (χ4v) is 2.16. The van der Waals surface area contributed by atoms with Crippen molar-refractivity contribution in [1.82, 2.24) is 0 Å². The zero-order chi connectivity index (χ0) is 11.5. The Labute approximate surface area is 105 Å². The Hall–Kier alpha value is -0.730. The summed E-state index contributed by atoms with van der Waals surface area (Å²) in [6, 6.07) is 5.51. The van der Waals surface area contributed by atoms with Crippen molar-refractivity contribution in [2.75, 3.05) is 0 Å². The molecule has 0 saturated heterocycles. The molecular weight excluding hydrogens is 245 g/mol. The van der Waals surface area contributed by atoms with Crippen molar-refractivity contribution in [3.63, 3.8) is 0 Å². The van der Waals surface area contributed by atoms with E-state index < -0.39 is 0 Å². The Bertz CT molecular complexity index is 417. The lowest BCUT2D eigenvalue weighted by Gasteiger charge is -2.09. The van der Waals surface area contributed by atoms with Crippen LogP contribution in [0.2, 0.25) is 10.0 Å². The fraction of sp³-hybridized carbons (Fsp3) is 0.333. The van der Waals surface area contributed by atoms with Crippen LogP contribution in [0, 0.1) is 6.92 Å². The van der Waals surface area contributed by atoms with E-state index in [0.717, 1.165) is 24.1 Å². The van der Waals surface area contributed by atoms with Crippen LogP contribution in [0.5, 0.6) is 0 Å². The standard InChI is InChI=1S/C12H12Cl2NO/c1-2-10-7-11(16-15-10)5-8-3-4-9(13)6-12(8)14/h3-4,6,11H,1-2,5,7H2. The highest BCUT2D eigenvalue weighted by Crippen LogP contribution is 2.25. The summed E-state index contributed by atoms with van der Waals surface area (Å²) < 4.78 is 0. The van der Waals surface area contributed by atoms with Gasteiger partial charge in [-0.1, -0.05) is 34.4 Å². The third kappa shape index (κ3) is 2.69. The number of hydrogen-bond acceptors (Lipinski definition) is 2. The van der Waals surface area contributed by atoms with Crippen LogP contribution in [0.3, 0.4) is 0 Å². The molecule has 1 atom stereocenters. The van der Waals surface area contributed by atoms with Crippen molar-refractivity contribution in [2.45, 2.75) is 25.4 Å². The van der Waals surface area contributed by atoms with E-state index in [1.165, 1.54) is 0 Å². The smallest absolute Gasteiger partial charge is 0.136 e. The lowest BCUT2D eigenvalue weighted by molar-refractivity contribution is 0.0859. The maximum absolute atomic E-state index is 6.09. The molecule has 1 heterocycles. The van der Waals surface area contributed by atoms with Gasteiger partial charge in [-0.2, -0.15) is 0 Å². The van der Waals surface area contributed by atoms with Gasteiger partial charge in [0.1, 0.15) is 6.10 Å². The molecule has 0 spiro atoms. The minimum Gasteiger partial charge on any atom is -0.392 e. The van der Waals surface area contributed by atoms with Gasteiger partial charge in [-0.15, -0.1) is 0 Å². The largest absolute Gasteiger partial charge is 0.392 e. The number of halogens is 2. The van der Waals surface area contributed by atoms with Gasteiger partial charge in [-0.25, -0.2) is 0 Å². The monoisotopic (exact) mass is 256 g/mol. The van der Waals surface area contributed by atoms with E-state index in [9.17, 15) is 0 Å². The van der Waals surface area contributed by atoms with Crippen LogP contribution in [0.25, 0.3) is 0 Å². The first-order valence-electron chi connectivity index (χ1n) is 5.14. The molecule has 2 nitrogen and oxygen atoms in total. The van der Waals surface area contributed by atoms with Gasteiger partial charge in [0.25, 0.3) is 0 Å². The highest BCUT2D eigenvalue weighted by atomic mass is 35.5. The molecule has 1 aromatic rings. The van der Waals surface area contributed by atoms with E-state index in [1.807, 2.05) is 12.1 Å². The number of oxime groups is 1. The summed E-state index contributed by atoms with van der Waals surface area (Å²) in [5.74, 6) is 0. The first-order valence-corrected chi connectivity index (χ1v) is 5.89. The summed E-state index contributed by atoms with van der Waals surface area (Å²) in [5.41, 5.74) is 2.05. The molecule has 16 heavy (non-hydrogen) atoms. The van der Waals surface area contributed by atoms with Gasteiger partial charge >= 0.3 is 0 Å². The number of hydrogen-bond donors (Lipinski definition) is 0. The van der Waals surface area contributed by atoms with E-state index in [-0.39, 0.29) is 6.10 Å². The molecule has 0 amide bonds. The Balaban J connectivity index is 2.00. The van der Waals surface area contributed by atoms with Crippen LogP contribution in [-0.4, -0.2) is 11.8 Å². The van der Waals surface area contributed by atoms with Gasteiger partial charge in [0, 0.05) is 22.9 Å².